The van der Waals surface area contributed by atoms with Gasteiger partial charge in [-0.3, -0.25) is 4.79 Å². The number of aromatic nitrogens is 2. The summed E-state index contributed by atoms with van der Waals surface area (Å²) in [5.41, 5.74) is 0.960. The van der Waals surface area contributed by atoms with Gasteiger partial charge in [0.1, 0.15) is 0 Å². The summed E-state index contributed by atoms with van der Waals surface area (Å²) in [6.45, 7) is 2.89. The number of nitrogens with one attached hydrogen (secondary N) is 2. The van der Waals surface area contributed by atoms with E-state index in [-0.39, 0.29) is 5.56 Å². The molecule has 0 unspecified atom stereocenters. The number of unbranched alkanes of at least 4 members (excludes halogenated alkanes) is 1. The number of esters is 1. The van der Waals surface area contributed by atoms with E-state index in [9.17, 15) is 9.59 Å². The number of methoxy groups -OCH3 is 1. The van der Waals surface area contributed by atoms with E-state index in [4.69, 9.17) is 4.74 Å². The first-order valence-corrected chi connectivity index (χ1v) is 7.70. The Labute approximate surface area is 140 Å². The molecule has 0 saturated carbocycles. The number of anilines is 2. The predicted molar refractivity (Wildman–Crippen MR) is 91.2 cm³/mol. The molecule has 1 aromatic carbocycles. The number of benzene rings is 1. The molecule has 0 atom stereocenters. The maximum absolute atomic E-state index is 12.3. The lowest BCUT2D eigenvalue weighted by Gasteiger charge is -2.09. The highest BCUT2D eigenvalue weighted by Gasteiger charge is 2.14. The molecule has 24 heavy (non-hydrogen) atoms. The van der Waals surface area contributed by atoms with Gasteiger partial charge in [0, 0.05) is 18.9 Å². The highest BCUT2D eigenvalue weighted by Crippen LogP contribution is 2.17. The lowest BCUT2D eigenvalue weighted by atomic mass is 10.1. The average Bonchev–Trinajstić information content (AvgIpc) is 2.62. The molecule has 7 nitrogen and oxygen atoms in total. The second-order valence-electron chi connectivity index (χ2n) is 5.07. The largest absolute Gasteiger partial charge is 0.465 e. The minimum Gasteiger partial charge on any atom is -0.465 e. The van der Waals surface area contributed by atoms with Crippen molar-refractivity contribution < 1.29 is 14.3 Å². The number of carbonyl (C=O) groups excluding carboxylic acids is 2. The number of para-hydroxylation sites is 1. The molecule has 0 aliphatic heterocycles. The van der Waals surface area contributed by atoms with Crippen LogP contribution in [0.15, 0.2) is 36.7 Å². The summed E-state index contributed by atoms with van der Waals surface area (Å²) in [4.78, 5) is 32.2. The zero-order valence-corrected chi connectivity index (χ0v) is 13.7. The average molecular weight is 328 g/mol. The van der Waals surface area contributed by atoms with Gasteiger partial charge >= 0.3 is 5.97 Å². The summed E-state index contributed by atoms with van der Waals surface area (Å²) in [6.07, 6.45) is 4.98. The molecule has 2 rings (SSSR count). The first kappa shape index (κ1) is 17.4. The molecular weight excluding hydrogens is 308 g/mol. The fourth-order valence-electron chi connectivity index (χ4n) is 1.99. The number of ether oxygens (including phenoxy) is 1. The van der Waals surface area contributed by atoms with Gasteiger partial charge in [0.25, 0.3) is 5.91 Å². The van der Waals surface area contributed by atoms with E-state index >= 15 is 0 Å². The number of nitrogens with zero attached hydrogens (tertiary/aromatic N) is 2. The number of hydrogen-bond acceptors (Lipinski definition) is 6. The Hall–Kier alpha value is -2.96. The molecule has 2 aromatic rings. The van der Waals surface area contributed by atoms with Gasteiger partial charge in [-0.05, 0) is 18.6 Å². The van der Waals surface area contributed by atoms with Gasteiger partial charge in [0.05, 0.1) is 23.9 Å². The Bertz CT molecular complexity index is 701. The second-order valence-corrected chi connectivity index (χ2v) is 5.07. The second kappa shape index (κ2) is 8.61. The fraction of sp³-hybridized carbons (Fsp3) is 0.294. The Morgan fingerprint density at radius 2 is 1.88 bits per heavy atom. The van der Waals surface area contributed by atoms with Crippen LogP contribution in [-0.2, 0) is 4.74 Å². The number of amides is 1. The third kappa shape index (κ3) is 4.52. The maximum Gasteiger partial charge on any atom is 0.339 e. The van der Waals surface area contributed by atoms with Gasteiger partial charge in [-0.2, -0.15) is 0 Å². The van der Waals surface area contributed by atoms with Crippen molar-refractivity contribution in [1.82, 2.24) is 9.97 Å². The third-order valence-corrected chi connectivity index (χ3v) is 3.31. The van der Waals surface area contributed by atoms with Gasteiger partial charge in [-0.25, -0.2) is 14.8 Å². The molecular formula is C17H20N4O3. The molecule has 0 aliphatic rings. The van der Waals surface area contributed by atoms with Crippen LogP contribution in [0.3, 0.4) is 0 Å². The van der Waals surface area contributed by atoms with E-state index in [1.54, 1.807) is 24.3 Å². The Morgan fingerprint density at radius 3 is 2.54 bits per heavy atom. The SMILES string of the molecule is CCCCNc1ncc(C(=O)Nc2ccccc2C(=O)OC)cn1. The highest BCUT2D eigenvalue weighted by atomic mass is 16.5. The van der Waals surface area contributed by atoms with E-state index in [0.29, 0.717) is 17.2 Å². The molecule has 0 bridgehead atoms. The molecule has 0 saturated heterocycles. The van der Waals surface area contributed by atoms with Crippen molar-refractivity contribution in [2.75, 3.05) is 24.3 Å². The van der Waals surface area contributed by atoms with E-state index in [1.807, 2.05) is 0 Å². The molecule has 0 fully saturated rings. The molecule has 2 N–H and O–H groups in total. The minimum atomic E-state index is -0.516. The van der Waals surface area contributed by atoms with Crippen LogP contribution < -0.4 is 10.6 Å². The van der Waals surface area contributed by atoms with E-state index in [0.717, 1.165) is 19.4 Å². The molecule has 1 heterocycles. The van der Waals surface area contributed by atoms with Crippen LogP contribution in [-0.4, -0.2) is 35.5 Å². The van der Waals surface area contributed by atoms with Crippen molar-refractivity contribution in [3.05, 3.63) is 47.8 Å². The Balaban J connectivity index is 2.06. The zero-order valence-electron chi connectivity index (χ0n) is 13.7. The van der Waals surface area contributed by atoms with Crippen LogP contribution in [0.25, 0.3) is 0 Å². The van der Waals surface area contributed by atoms with Crippen LogP contribution in [0.5, 0.6) is 0 Å². The molecule has 126 valence electrons. The van der Waals surface area contributed by atoms with Gasteiger partial charge < -0.3 is 15.4 Å². The molecule has 7 heteroatoms. The smallest absolute Gasteiger partial charge is 0.339 e. The van der Waals surface area contributed by atoms with E-state index < -0.39 is 11.9 Å². The normalized spacial score (nSPS) is 10.1. The summed E-state index contributed by atoms with van der Waals surface area (Å²) < 4.78 is 4.70. The zero-order chi connectivity index (χ0) is 17.4. The van der Waals surface area contributed by atoms with Crippen LogP contribution in [0.1, 0.15) is 40.5 Å². The molecule has 0 spiro atoms. The first-order valence-electron chi connectivity index (χ1n) is 7.70. The van der Waals surface area contributed by atoms with Crippen LogP contribution in [0, 0.1) is 0 Å². The van der Waals surface area contributed by atoms with Gasteiger partial charge in [-0.1, -0.05) is 25.5 Å². The molecule has 1 aromatic heterocycles. The Kier molecular flexibility index (Phi) is 6.24. The summed E-state index contributed by atoms with van der Waals surface area (Å²) >= 11 is 0. The van der Waals surface area contributed by atoms with E-state index in [1.165, 1.54) is 19.5 Å². The molecule has 1 amide bonds. The van der Waals surface area contributed by atoms with Crippen molar-refractivity contribution in [2.45, 2.75) is 19.8 Å². The molecule has 0 radical (unpaired) electrons. The topological polar surface area (TPSA) is 93.2 Å². The van der Waals surface area contributed by atoms with Gasteiger partial charge in [0.15, 0.2) is 0 Å². The van der Waals surface area contributed by atoms with E-state index in [2.05, 4.69) is 27.5 Å². The monoisotopic (exact) mass is 328 g/mol. The third-order valence-electron chi connectivity index (χ3n) is 3.31. The lowest BCUT2D eigenvalue weighted by Crippen LogP contribution is -2.16. The number of hydrogen-bond donors (Lipinski definition) is 2. The van der Waals surface area contributed by atoms with Crippen molar-refractivity contribution in [3.8, 4) is 0 Å². The van der Waals surface area contributed by atoms with Crippen molar-refractivity contribution in [3.63, 3.8) is 0 Å². The standard InChI is InChI=1S/C17H20N4O3/c1-3-4-9-18-17-19-10-12(11-20-17)15(22)21-14-8-6-5-7-13(14)16(23)24-2/h5-8,10-11H,3-4,9H2,1-2H3,(H,21,22)(H,18,19,20). The summed E-state index contributed by atoms with van der Waals surface area (Å²) in [6, 6.07) is 6.63. The van der Waals surface area contributed by atoms with Gasteiger partial charge in [-0.15, -0.1) is 0 Å². The van der Waals surface area contributed by atoms with Crippen molar-refractivity contribution in [1.29, 1.82) is 0 Å². The van der Waals surface area contributed by atoms with Crippen LogP contribution >= 0.6 is 0 Å². The molecule has 0 aliphatic carbocycles. The van der Waals surface area contributed by atoms with Crippen LogP contribution in [0.2, 0.25) is 0 Å². The predicted octanol–water partition coefficient (Wildman–Crippen LogP) is 2.73. The fourth-order valence-corrected chi connectivity index (χ4v) is 1.99. The van der Waals surface area contributed by atoms with Gasteiger partial charge in [0.2, 0.25) is 5.95 Å². The summed E-state index contributed by atoms with van der Waals surface area (Å²) in [5, 5.41) is 5.75. The lowest BCUT2D eigenvalue weighted by molar-refractivity contribution is 0.0602. The first-order chi connectivity index (χ1) is 11.7. The minimum absolute atomic E-state index is 0.284. The number of rotatable bonds is 7. The van der Waals surface area contributed by atoms with Crippen LogP contribution in [0.4, 0.5) is 11.6 Å². The number of carbonyl (C=O) groups is 2. The Morgan fingerprint density at radius 1 is 1.17 bits per heavy atom. The summed E-state index contributed by atoms with van der Waals surface area (Å²) in [7, 11) is 1.29. The van der Waals surface area contributed by atoms with Crippen molar-refractivity contribution in [2.24, 2.45) is 0 Å². The quantitative estimate of drug-likeness (QED) is 0.599. The highest BCUT2D eigenvalue weighted by molar-refractivity contribution is 6.07. The maximum atomic E-state index is 12.3. The summed E-state index contributed by atoms with van der Waals surface area (Å²) in [5.74, 6) is -0.431. The van der Waals surface area contributed by atoms with Crippen molar-refractivity contribution >= 4 is 23.5 Å².